The molecule has 0 aliphatic heterocycles. The number of anilines is 1. The lowest BCUT2D eigenvalue weighted by molar-refractivity contribution is -0.144. The average molecular weight is 255 g/mol. The van der Waals surface area contributed by atoms with Crippen molar-refractivity contribution >= 4 is 22.6 Å². The maximum absolute atomic E-state index is 11.5. The molecule has 1 aliphatic rings. The Balaban J connectivity index is 2.19. The number of nitrogens with one attached hydrogen (secondary N) is 1. The summed E-state index contributed by atoms with van der Waals surface area (Å²) in [7, 11) is 0. The molecule has 2 atom stereocenters. The average Bonchev–Trinajstić information content (AvgIpc) is 2.63. The lowest BCUT2D eigenvalue weighted by Crippen LogP contribution is -2.49. The van der Waals surface area contributed by atoms with Gasteiger partial charge in [-0.15, -0.1) is 0 Å². The first-order valence-electron chi connectivity index (χ1n) is 5.84. The molecule has 1 heterocycles. The van der Waals surface area contributed by atoms with E-state index < -0.39 is 11.5 Å². The minimum atomic E-state index is -0.857. The van der Waals surface area contributed by atoms with Crippen LogP contribution in [0.4, 0.5) is 5.13 Å². The van der Waals surface area contributed by atoms with Gasteiger partial charge >= 0.3 is 5.97 Å². The molecule has 1 aliphatic carbocycles. The highest BCUT2D eigenvalue weighted by atomic mass is 32.1. The number of carboxylic acids is 1. The molecule has 1 aromatic heterocycles. The molecule has 17 heavy (non-hydrogen) atoms. The van der Waals surface area contributed by atoms with Crippen LogP contribution < -0.4 is 5.32 Å². The molecule has 0 saturated heterocycles. The molecule has 1 saturated carbocycles. The summed E-state index contributed by atoms with van der Waals surface area (Å²) in [4.78, 5) is 15.7. The number of aromatic nitrogens is 2. The Labute approximate surface area is 104 Å². The Morgan fingerprint density at radius 3 is 2.94 bits per heavy atom. The molecule has 6 heteroatoms. The van der Waals surface area contributed by atoms with Gasteiger partial charge in [0.2, 0.25) is 5.13 Å². The van der Waals surface area contributed by atoms with Gasteiger partial charge in [-0.3, -0.25) is 0 Å². The predicted molar refractivity (Wildman–Crippen MR) is 66.3 cm³/mol. The molecule has 1 fully saturated rings. The summed E-state index contributed by atoms with van der Waals surface area (Å²) in [5, 5.41) is 13.2. The Morgan fingerprint density at radius 2 is 2.41 bits per heavy atom. The summed E-state index contributed by atoms with van der Waals surface area (Å²) in [5.41, 5.74) is -0.857. The fourth-order valence-corrected chi connectivity index (χ4v) is 3.14. The molecule has 0 spiro atoms. The number of nitrogens with zero attached hydrogens (tertiary/aromatic N) is 2. The zero-order valence-electron chi connectivity index (χ0n) is 10.1. The Morgan fingerprint density at radius 1 is 1.65 bits per heavy atom. The van der Waals surface area contributed by atoms with E-state index in [1.165, 1.54) is 11.5 Å². The van der Waals surface area contributed by atoms with Crippen LogP contribution in [0.3, 0.4) is 0 Å². The molecule has 0 radical (unpaired) electrons. The lowest BCUT2D eigenvalue weighted by atomic mass is 9.76. The third-order valence-electron chi connectivity index (χ3n) is 3.28. The third kappa shape index (κ3) is 2.57. The summed E-state index contributed by atoms with van der Waals surface area (Å²) < 4.78 is 4.07. The number of rotatable bonds is 3. The number of carboxylic acid groups (broad SMARTS) is 1. The highest BCUT2D eigenvalue weighted by molar-refractivity contribution is 7.09. The summed E-state index contributed by atoms with van der Waals surface area (Å²) in [6.45, 7) is 3.91. The van der Waals surface area contributed by atoms with Crippen molar-refractivity contribution in [3.05, 3.63) is 5.82 Å². The minimum Gasteiger partial charge on any atom is -0.480 e. The van der Waals surface area contributed by atoms with Crippen LogP contribution >= 0.6 is 11.5 Å². The van der Waals surface area contributed by atoms with Gasteiger partial charge in [-0.2, -0.15) is 4.37 Å². The van der Waals surface area contributed by atoms with E-state index in [1.54, 1.807) is 6.92 Å². The lowest BCUT2D eigenvalue weighted by Gasteiger charge is -2.36. The normalized spacial score (nSPS) is 28.9. The molecule has 1 aromatic rings. The molecule has 94 valence electrons. The van der Waals surface area contributed by atoms with Gasteiger partial charge in [0.15, 0.2) is 0 Å². The highest BCUT2D eigenvalue weighted by Crippen LogP contribution is 2.35. The van der Waals surface area contributed by atoms with Gasteiger partial charge in [0, 0.05) is 11.5 Å². The van der Waals surface area contributed by atoms with Crippen molar-refractivity contribution in [1.82, 2.24) is 9.36 Å². The van der Waals surface area contributed by atoms with Crippen molar-refractivity contribution in [2.45, 2.75) is 45.1 Å². The summed E-state index contributed by atoms with van der Waals surface area (Å²) in [6, 6.07) is 0. The number of carbonyl (C=O) groups is 1. The van der Waals surface area contributed by atoms with E-state index in [9.17, 15) is 9.90 Å². The van der Waals surface area contributed by atoms with Crippen LogP contribution in [-0.2, 0) is 4.79 Å². The molecule has 2 rings (SSSR count). The third-order valence-corrected chi connectivity index (χ3v) is 4.00. The van der Waals surface area contributed by atoms with Crippen LogP contribution in [0.2, 0.25) is 0 Å². The fraction of sp³-hybridized carbons (Fsp3) is 0.727. The number of aliphatic carboxylic acids is 1. The van der Waals surface area contributed by atoms with Crippen LogP contribution in [0, 0.1) is 12.8 Å². The van der Waals surface area contributed by atoms with Crippen LogP contribution in [0.1, 0.15) is 38.4 Å². The largest absolute Gasteiger partial charge is 0.480 e. The maximum Gasteiger partial charge on any atom is 0.329 e. The molecular formula is C11H17N3O2S. The van der Waals surface area contributed by atoms with E-state index >= 15 is 0 Å². The zero-order chi connectivity index (χ0) is 12.5. The molecule has 2 unspecified atom stereocenters. The van der Waals surface area contributed by atoms with Crippen LogP contribution in [0.5, 0.6) is 0 Å². The summed E-state index contributed by atoms with van der Waals surface area (Å²) >= 11 is 1.22. The van der Waals surface area contributed by atoms with Crippen molar-refractivity contribution < 1.29 is 9.90 Å². The monoisotopic (exact) mass is 255 g/mol. The van der Waals surface area contributed by atoms with Gasteiger partial charge in [0.1, 0.15) is 11.4 Å². The van der Waals surface area contributed by atoms with Crippen molar-refractivity contribution in [3.63, 3.8) is 0 Å². The van der Waals surface area contributed by atoms with E-state index in [0.29, 0.717) is 29.7 Å². The maximum atomic E-state index is 11.5. The van der Waals surface area contributed by atoms with E-state index in [4.69, 9.17) is 0 Å². The van der Waals surface area contributed by atoms with Crippen molar-refractivity contribution in [2.24, 2.45) is 5.92 Å². The van der Waals surface area contributed by atoms with Gasteiger partial charge < -0.3 is 10.4 Å². The molecule has 2 N–H and O–H groups in total. The Kier molecular flexibility index (Phi) is 3.33. The number of aryl methyl sites for hydroxylation is 1. The number of hydrogen-bond acceptors (Lipinski definition) is 5. The summed E-state index contributed by atoms with van der Waals surface area (Å²) in [6.07, 6.45) is 3.36. The minimum absolute atomic E-state index is 0.432. The topological polar surface area (TPSA) is 75.1 Å². The number of hydrogen-bond donors (Lipinski definition) is 2. The molecule has 0 amide bonds. The van der Waals surface area contributed by atoms with Crippen molar-refractivity contribution in [1.29, 1.82) is 0 Å². The molecule has 0 bridgehead atoms. The van der Waals surface area contributed by atoms with Gasteiger partial charge in [0.25, 0.3) is 0 Å². The first-order valence-corrected chi connectivity index (χ1v) is 6.61. The Hall–Kier alpha value is -1.17. The zero-order valence-corrected chi connectivity index (χ0v) is 10.9. The fourth-order valence-electron chi connectivity index (χ4n) is 2.47. The van der Waals surface area contributed by atoms with Gasteiger partial charge in [-0.05, 0) is 25.7 Å². The summed E-state index contributed by atoms with van der Waals surface area (Å²) in [5.74, 6) is 0.333. The van der Waals surface area contributed by atoms with Crippen molar-refractivity contribution in [3.8, 4) is 0 Å². The predicted octanol–water partition coefficient (Wildman–Crippen LogP) is 2.29. The van der Waals surface area contributed by atoms with Gasteiger partial charge in [-0.1, -0.05) is 19.8 Å². The Bertz CT molecular complexity index is 421. The first-order chi connectivity index (χ1) is 8.02. The van der Waals surface area contributed by atoms with Crippen LogP contribution in [0.15, 0.2) is 0 Å². The van der Waals surface area contributed by atoms with E-state index in [0.717, 1.165) is 12.8 Å². The molecular weight excluding hydrogens is 238 g/mol. The van der Waals surface area contributed by atoms with Crippen LogP contribution in [-0.4, -0.2) is 26.0 Å². The highest BCUT2D eigenvalue weighted by Gasteiger charge is 2.42. The first kappa shape index (κ1) is 12.3. The second-order valence-corrected chi connectivity index (χ2v) is 5.61. The van der Waals surface area contributed by atoms with E-state index in [1.807, 2.05) is 0 Å². The van der Waals surface area contributed by atoms with Crippen LogP contribution in [0.25, 0.3) is 0 Å². The second kappa shape index (κ2) is 4.60. The van der Waals surface area contributed by atoms with E-state index in [2.05, 4.69) is 21.6 Å². The second-order valence-electron chi connectivity index (χ2n) is 4.86. The SMILES string of the molecule is Cc1nsc(NC2(C(=O)O)CCCC(C)C2)n1. The quantitative estimate of drug-likeness (QED) is 0.866. The standard InChI is InChI=1S/C11H17N3O2S/c1-7-4-3-5-11(6-7,9(15)16)13-10-12-8(2)14-17-10/h7H,3-6H2,1-2H3,(H,15,16)(H,12,13,14). The smallest absolute Gasteiger partial charge is 0.329 e. The molecule has 5 nitrogen and oxygen atoms in total. The van der Waals surface area contributed by atoms with E-state index in [-0.39, 0.29) is 0 Å². The molecule has 0 aromatic carbocycles. The van der Waals surface area contributed by atoms with Gasteiger partial charge in [0.05, 0.1) is 0 Å². The van der Waals surface area contributed by atoms with Gasteiger partial charge in [-0.25, -0.2) is 9.78 Å². The van der Waals surface area contributed by atoms with Crippen molar-refractivity contribution in [2.75, 3.05) is 5.32 Å².